The van der Waals surface area contributed by atoms with Gasteiger partial charge in [-0.1, -0.05) is 0 Å². The van der Waals surface area contributed by atoms with E-state index in [1.54, 1.807) is 0 Å². The molecule has 25 heavy (non-hydrogen) atoms. The van der Waals surface area contributed by atoms with E-state index in [2.05, 4.69) is 15.5 Å². The van der Waals surface area contributed by atoms with E-state index < -0.39 is 11.4 Å². The Labute approximate surface area is 146 Å². The number of aliphatic carboxylic acids is 1. The molecule has 2 aromatic rings. The van der Waals surface area contributed by atoms with E-state index in [0.29, 0.717) is 0 Å². The minimum atomic E-state index is -0.637. The van der Waals surface area contributed by atoms with Gasteiger partial charge in [0.05, 0.1) is 5.41 Å². The van der Waals surface area contributed by atoms with Gasteiger partial charge in [0.1, 0.15) is 11.6 Å². The van der Waals surface area contributed by atoms with Gasteiger partial charge < -0.3 is 10.4 Å². The van der Waals surface area contributed by atoms with Crippen LogP contribution in [0.2, 0.25) is 0 Å². The Kier molecular flexibility index (Phi) is 3.56. The molecular weight excluding hydrogens is 318 g/mol. The van der Waals surface area contributed by atoms with Gasteiger partial charge in [0.15, 0.2) is 5.82 Å². The lowest BCUT2D eigenvalue weighted by Crippen LogP contribution is -2.48. The molecule has 3 N–H and O–H groups in total. The molecule has 3 fully saturated rings. The summed E-state index contributed by atoms with van der Waals surface area (Å²) in [5.74, 6) is 1.68. The number of H-pyrrole nitrogens is 1. The first-order valence-electron chi connectivity index (χ1n) is 8.80. The number of carbonyl (C=O) groups is 1. The fraction of sp³-hybridized carbons (Fsp3) is 0.556. The summed E-state index contributed by atoms with van der Waals surface area (Å²) < 4.78 is 0. The summed E-state index contributed by atoms with van der Waals surface area (Å²) in [5, 5.41) is 19.9. The first-order valence-corrected chi connectivity index (χ1v) is 8.80. The Morgan fingerprint density at radius 2 is 1.76 bits per heavy atom. The highest BCUT2D eigenvalue weighted by Crippen LogP contribution is 2.57. The number of rotatable bonds is 4. The largest absolute Gasteiger partial charge is 0.481 e. The van der Waals surface area contributed by atoms with E-state index >= 15 is 0 Å². The molecule has 7 nitrogen and oxygen atoms in total. The Morgan fingerprint density at radius 1 is 1.08 bits per heavy atom. The van der Waals surface area contributed by atoms with Crippen LogP contribution in [0.25, 0.3) is 0 Å². The van der Waals surface area contributed by atoms with Crippen molar-refractivity contribution in [1.82, 2.24) is 20.2 Å². The van der Waals surface area contributed by atoms with E-state index in [0.717, 1.165) is 67.4 Å². The summed E-state index contributed by atoms with van der Waals surface area (Å²) in [6.45, 7) is 3.92. The summed E-state index contributed by atoms with van der Waals surface area (Å²) >= 11 is 0. The SMILES string of the molecule is Cc1cc(Nc2cc(C)[nH]n2)nc(C23CCC(C(=O)O)(CC2)CC3)n1. The van der Waals surface area contributed by atoms with Crippen LogP contribution in [0.4, 0.5) is 11.6 Å². The third kappa shape index (κ3) is 2.67. The molecule has 0 saturated heterocycles. The van der Waals surface area contributed by atoms with Gasteiger partial charge in [-0.25, -0.2) is 9.97 Å². The number of fused-ring (bicyclic) bond motifs is 3. The standard InChI is InChI=1S/C18H23N5O2/c1-11-9-13(20-14-10-12(2)22-23-14)21-15(19-11)17-3-6-18(7-4-17,8-5-17)16(24)25/h9-10H,3-8H2,1-2H3,(H,24,25)(H2,19,20,21,22,23). The zero-order valence-electron chi connectivity index (χ0n) is 14.6. The van der Waals surface area contributed by atoms with Gasteiger partial charge in [0, 0.05) is 28.9 Å². The topological polar surface area (TPSA) is 104 Å². The fourth-order valence-corrected chi connectivity index (χ4v) is 4.32. The molecule has 0 atom stereocenters. The van der Waals surface area contributed by atoms with Crippen molar-refractivity contribution >= 4 is 17.6 Å². The second-order valence-corrected chi connectivity index (χ2v) is 7.65. The van der Waals surface area contributed by atoms with Gasteiger partial charge in [0.2, 0.25) is 0 Å². The van der Waals surface area contributed by atoms with Crippen molar-refractivity contribution in [1.29, 1.82) is 0 Å². The molecule has 0 amide bonds. The molecule has 2 heterocycles. The third-order valence-electron chi connectivity index (χ3n) is 5.99. The van der Waals surface area contributed by atoms with Crippen molar-refractivity contribution < 1.29 is 9.90 Å². The van der Waals surface area contributed by atoms with Crippen molar-refractivity contribution in [2.45, 2.75) is 57.8 Å². The lowest BCUT2D eigenvalue weighted by Gasteiger charge is -2.50. The number of nitrogens with zero attached hydrogens (tertiary/aromatic N) is 3. The van der Waals surface area contributed by atoms with Crippen LogP contribution >= 0.6 is 0 Å². The predicted octanol–water partition coefficient (Wildman–Crippen LogP) is 3.24. The molecule has 0 aromatic carbocycles. The molecule has 0 spiro atoms. The van der Waals surface area contributed by atoms with Gasteiger partial charge in [-0.05, 0) is 52.4 Å². The minimum Gasteiger partial charge on any atom is -0.481 e. The molecule has 3 aliphatic carbocycles. The van der Waals surface area contributed by atoms with E-state index in [1.807, 2.05) is 26.0 Å². The molecule has 0 unspecified atom stereocenters. The van der Waals surface area contributed by atoms with E-state index in [4.69, 9.17) is 9.97 Å². The van der Waals surface area contributed by atoms with Gasteiger partial charge in [0.25, 0.3) is 0 Å². The summed E-state index contributed by atoms with van der Waals surface area (Å²) in [4.78, 5) is 21.1. The summed E-state index contributed by atoms with van der Waals surface area (Å²) in [6.07, 6.45) is 4.72. The number of carboxylic acid groups (broad SMARTS) is 1. The Balaban J connectivity index is 1.62. The van der Waals surface area contributed by atoms with Gasteiger partial charge in [-0.2, -0.15) is 5.10 Å². The first kappa shape index (κ1) is 16.1. The van der Waals surface area contributed by atoms with Crippen molar-refractivity contribution in [3.05, 3.63) is 29.3 Å². The maximum atomic E-state index is 11.6. The number of aryl methyl sites for hydroxylation is 2. The highest BCUT2D eigenvalue weighted by atomic mass is 16.4. The molecule has 0 aliphatic heterocycles. The van der Waals surface area contributed by atoms with Crippen LogP contribution in [0, 0.1) is 19.3 Å². The molecule has 132 valence electrons. The maximum absolute atomic E-state index is 11.6. The lowest BCUT2D eigenvalue weighted by atomic mass is 9.53. The quantitative estimate of drug-likeness (QED) is 0.789. The molecular formula is C18H23N5O2. The van der Waals surface area contributed by atoms with E-state index in [-0.39, 0.29) is 5.41 Å². The molecule has 2 bridgehead atoms. The van der Waals surface area contributed by atoms with Gasteiger partial charge in [-0.3, -0.25) is 9.89 Å². The summed E-state index contributed by atoms with van der Waals surface area (Å²) in [5.41, 5.74) is 1.30. The number of nitrogens with one attached hydrogen (secondary N) is 2. The highest BCUT2D eigenvalue weighted by Gasteiger charge is 2.54. The molecule has 7 heteroatoms. The van der Waals surface area contributed by atoms with Crippen molar-refractivity contribution in [2.75, 3.05) is 5.32 Å². The fourth-order valence-electron chi connectivity index (χ4n) is 4.32. The lowest BCUT2D eigenvalue weighted by molar-refractivity contribution is -0.156. The zero-order chi connectivity index (χ0) is 17.7. The summed E-state index contributed by atoms with van der Waals surface area (Å²) in [7, 11) is 0. The molecule has 3 saturated carbocycles. The molecule has 3 aliphatic rings. The predicted molar refractivity (Wildman–Crippen MR) is 92.8 cm³/mol. The Morgan fingerprint density at radius 3 is 2.32 bits per heavy atom. The van der Waals surface area contributed by atoms with Gasteiger partial charge >= 0.3 is 5.97 Å². The average molecular weight is 341 g/mol. The number of anilines is 2. The first-order chi connectivity index (χ1) is 11.9. The number of hydrogen-bond acceptors (Lipinski definition) is 5. The van der Waals surface area contributed by atoms with Gasteiger partial charge in [-0.15, -0.1) is 0 Å². The smallest absolute Gasteiger partial charge is 0.309 e. The van der Waals surface area contributed by atoms with Crippen molar-refractivity contribution in [3.8, 4) is 0 Å². The average Bonchev–Trinajstić information content (AvgIpc) is 3.01. The number of aromatic amines is 1. The molecule has 0 radical (unpaired) electrons. The molecule has 5 rings (SSSR count). The summed E-state index contributed by atoms with van der Waals surface area (Å²) in [6, 6.07) is 3.84. The normalized spacial score (nSPS) is 28.1. The van der Waals surface area contributed by atoms with Crippen LogP contribution in [0.1, 0.15) is 55.7 Å². The Bertz CT molecular complexity index is 804. The zero-order valence-corrected chi connectivity index (χ0v) is 14.6. The van der Waals surface area contributed by atoms with Crippen molar-refractivity contribution in [3.63, 3.8) is 0 Å². The van der Waals surface area contributed by atoms with E-state index in [1.165, 1.54) is 0 Å². The van der Waals surface area contributed by atoms with Crippen LogP contribution in [-0.2, 0) is 10.2 Å². The second kappa shape index (κ2) is 5.54. The van der Waals surface area contributed by atoms with Crippen molar-refractivity contribution in [2.24, 2.45) is 5.41 Å². The van der Waals surface area contributed by atoms with Crippen LogP contribution < -0.4 is 5.32 Å². The monoisotopic (exact) mass is 341 g/mol. The Hall–Kier alpha value is -2.44. The maximum Gasteiger partial charge on any atom is 0.309 e. The van der Waals surface area contributed by atoms with Crippen LogP contribution in [-0.4, -0.2) is 31.2 Å². The number of aromatic nitrogens is 4. The highest BCUT2D eigenvalue weighted by molar-refractivity contribution is 5.75. The minimum absolute atomic E-state index is 0.0822. The molecule has 2 aromatic heterocycles. The number of hydrogen-bond donors (Lipinski definition) is 3. The second-order valence-electron chi connectivity index (χ2n) is 7.65. The number of carboxylic acids is 1. The third-order valence-corrected chi connectivity index (χ3v) is 5.99. The van der Waals surface area contributed by atoms with Crippen LogP contribution in [0.15, 0.2) is 12.1 Å². The van der Waals surface area contributed by atoms with Crippen LogP contribution in [0.3, 0.4) is 0 Å². The van der Waals surface area contributed by atoms with E-state index in [9.17, 15) is 9.90 Å². The van der Waals surface area contributed by atoms with Crippen LogP contribution in [0.5, 0.6) is 0 Å².